The van der Waals surface area contributed by atoms with Crippen molar-refractivity contribution >= 4 is 28.5 Å². The van der Waals surface area contributed by atoms with Crippen LogP contribution in [0.1, 0.15) is 22.1 Å². The van der Waals surface area contributed by atoms with Crippen LogP contribution < -0.4 is 5.32 Å². The molecule has 1 N–H and O–H groups in total. The third-order valence-corrected chi connectivity index (χ3v) is 3.60. The van der Waals surface area contributed by atoms with Gasteiger partial charge in [-0.15, -0.1) is 5.10 Å². The Morgan fingerprint density at radius 1 is 1.16 bits per heavy atom. The molecule has 3 heterocycles. The summed E-state index contributed by atoms with van der Waals surface area (Å²) in [6.07, 6.45) is 0. The minimum atomic E-state index is 0.506. The van der Waals surface area contributed by atoms with Gasteiger partial charge in [-0.2, -0.15) is 4.98 Å². The average Bonchev–Trinajstić information content (AvgIpc) is 2.93. The molecule has 3 rings (SSSR count). The summed E-state index contributed by atoms with van der Waals surface area (Å²) < 4.78 is 9.08. The van der Waals surface area contributed by atoms with Gasteiger partial charge >= 0.3 is 0 Å². The Bertz CT molecular complexity index is 734. The molecule has 0 unspecified atom stereocenters. The molecule has 0 amide bonds. The monoisotopic (exact) mass is 276 g/mol. The van der Waals surface area contributed by atoms with Crippen LogP contribution in [0.3, 0.4) is 0 Å². The maximum absolute atomic E-state index is 5.17. The van der Waals surface area contributed by atoms with Crippen LogP contribution >= 0.6 is 11.5 Å². The summed E-state index contributed by atoms with van der Waals surface area (Å²) in [7, 11) is 0. The van der Waals surface area contributed by atoms with Crippen molar-refractivity contribution in [3.63, 3.8) is 0 Å². The summed E-state index contributed by atoms with van der Waals surface area (Å²) in [5.41, 5.74) is 2.21. The first-order valence-electron chi connectivity index (χ1n) is 5.77. The highest BCUT2D eigenvalue weighted by Crippen LogP contribution is 2.24. The predicted molar refractivity (Wildman–Crippen MR) is 71.0 cm³/mol. The number of fused-ring (bicyclic) bond motifs is 1. The first-order valence-corrected chi connectivity index (χ1v) is 6.55. The summed E-state index contributed by atoms with van der Waals surface area (Å²) in [6.45, 7) is 6.25. The van der Waals surface area contributed by atoms with E-state index in [1.165, 1.54) is 11.5 Å². The van der Waals surface area contributed by atoms with Crippen LogP contribution in [0.4, 0.5) is 5.82 Å². The molecule has 0 bridgehead atoms. The molecular weight excluding hydrogens is 264 g/mol. The van der Waals surface area contributed by atoms with E-state index in [4.69, 9.17) is 4.52 Å². The highest BCUT2D eigenvalue weighted by atomic mass is 32.1. The molecule has 0 aliphatic heterocycles. The lowest BCUT2D eigenvalue weighted by Crippen LogP contribution is -2.04. The van der Waals surface area contributed by atoms with Crippen LogP contribution in [0.25, 0.3) is 11.1 Å². The first kappa shape index (κ1) is 12.0. The van der Waals surface area contributed by atoms with E-state index < -0.39 is 0 Å². The van der Waals surface area contributed by atoms with Gasteiger partial charge in [-0.3, -0.25) is 0 Å². The van der Waals surface area contributed by atoms with E-state index in [-0.39, 0.29) is 0 Å². The molecule has 0 aromatic carbocycles. The lowest BCUT2D eigenvalue weighted by Gasteiger charge is -2.05. The zero-order chi connectivity index (χ0) is 13.4. The van der Waals surface area contributed by atoms with E-state index in [0.29, 0.717) is 18.1 Å². The van der Waals surface area contributed by atoms with Crippen LogP contribution in [0.15, 0.2) is 4.52 Å². The van der Waals surface area contributed by atoms with Gasteiger partial charge in [-0.1, -0.05) is 9.64 Å². The zero-order valence-corrected chi connectivity index (χ0v) is 11.6. The van der Waals surface area contributed by atoms with Crippen molar-refractivity contribution in [1.29, 1.82) is 0 Å². The zero-order valence-electron chi connectivity index (χ0n) is 10.8. The molecule has 0 saturated heterocycles. The molecular formula is C11H12N6OS. The highest BCUT2D eigenvalue weighted by molar-refractivity contribution is 7.05. The Morgan fingerprint density at radius 3 is 2.74 bits per heavy atom. The Labute approximate surface area is 113 Å². The lowest BCUT2D eigenvalue weighted by atomic mass is 10.3. The van der Waals surface area contributed by atoms with Gasteiger partial charge in [0.25, 0.3) is 5.71 Å². The minimum Gasteiger partial charge on any atom is -0.364 e. The van der Waals surface area contributed by atoms with Gasteiger partial charge in [0.05, 0.1) is 22.8 Å². The van der Waals surface area contributed by atoms with Crippen molar-refractivity contribution < 1.29 is 4.52 Å². The van der Waals surface area contributed by atoms with E-state index in [9.17, 15) is 0 Å². The number of aromatic nitrogens is 5. The second-order valence-corrected chi connectivity index (χ2v) is 5.04. The van der Waals surface area contributed by atoms with Crippen molar-refractivity contribution in [2.24, 2.45) is 0 Å². The number of nitrogens with one attached hydrogen (secondary N) is 1. The molecule has 0 saturated carbocycles. The second-order valence-electron chi connectivity index (χ2n) is 4.20. The third-order valence-electron chi connectivity index (χ3n) is 2.78. The number of hydrogen-bond acceptors (Lipinski definition) is 8. The molecule has 7 nitrogen and oxygen atoms in total. The SMILES string of the molecule is Cc1nc(NCc2snnc2C)c2c(C)noc2n1. The molecule has 0 fully saturated rings. The average molecular weight is 276 g/mol. The van der Waals surface area contributed by atoms with Gasteiger partial charge in [-0.05, 0) is 32.3 Å². The normalized spacial score (nSPS) is 11.1. The van der Waals surface area contributed by atoms with E-state index in [0.717, 1.165) is 27.5 Å². The van der Waals surface area contributed by atoms with Crippen molar-refractivity contribution in [2.45, 2.75) is 27.3 Å². The van der Waals surface area contributed by atoms with E-state index in [2.05, 4.69) is 30.0 Å². The van der Waals surface area contributed by atoms with Gasteiger partial charge in [0.2, 0.25) is 0 Å². The standard InChI is InChI=1S/C11H12N6OS/c1-5-8(19-17-15-5)4-12-10-9-6(2)16-18-11(9)14-7(3)13-10/h4H2,1-3H3,(H,12,13,14). The van der Waals surface area contributed by atoms with Crippen molar-refractivity contribution in [3.8, 4) is 0 Å². The number of hydrogen-bond donors (Lipinski definition) is 1. The highest BCUT2D eigenvalue weighted by Gasteiger charge is 2.14. The molecule has 3 aromatic heterocycles. The summed E-state index contributed by atoms with van der Waals surface area (Å²) in [4.78, 5) is 9.70. The largest absolute Gasteiger partial charge is 0.364 e. The molecule has 3 aromatic rings. The van der Waals surface area contributed by atoms with Crippen molar-refractivity contribution in [2.75, 3.05) is 5.32 Å². The first-order chi connectivity index (χ1) is 9.15. The van der Waals surface area contributed by atoms with Crippen LogP contribution in [-0.2, 0) is 6.54 Å². The van der Waals surface area contributed by atoms with Gasteiger partial charge in [0, 0.05) is 0 Å². The summed E-state index contributed by atoms with van der Waals surface area (Å²) in [6, 6.07) is 0. The molecule has 19 heavy (non-hydrogen) atoms. The number of aryl methyl sites for hydroxylation is 3. The van der Waals surface area contributed by atoms with Crippen LogP contribution in [-0.4, -0.2) is 24.7 Å². The minimum absolute atomic E-state index is 0.506. The van der Waals surface area contributed by atoms with Crippen LogP contribution in [0.5, 0.6) is 0 Å². The fourth-order valence-corrected chi connectivity index (χ4v) is 2.37. The Hall–Kier alpha value is -2.09. The van der Waals surface area contributed by atoms with E-state index >= 15 is 0 Å². The van der Waals surface area contributed by atoms with Crippen LogP contribution in [0.2, 0.25) is 0 Å². The molecule has 0 radical (unpaired) electrons. The molecule has 0 aliphatic carbocycles. The second kappa shape index (κ2) is 4.54. The van der Waals surface area contributed by atoms with Gasteiger partial charge in [-0.25, -0.2) is 4.98 Å². The fraction of sp³-hybridized carbons (Fsp3) is 0.364. The Morgan fingerprint density at radius 2 is 2.00 bits per heavy atom. The molecule has 8 heteroatoms. The predicted octanol–water partition coefficient (Wildman–Crippen LogP) is 2.01. The van der Waals surface area contributed by atoms with Crippen molar-refractivity contribution in [1.82, 2.24) is 24.7 Å². The van der Waals surface area contributed by atoms with Gasteiger partial charge < -0.3 is 9.84 Å². The fourth-order valence-electron chi connectivity index (χ4n) is 1.80. The third kappa shape index (κ3) is 2.14. The molecule has 0 spiro atoms. The van der Waals surface area contributed by atoms with E-state index in [1.54, 1.807) is 0 Å². The van der Waals surface area contributed by atoms with E-state index in [1.807, 2.05) is 20.8 Å². The number of anilines is 1. The van der Waals surface area contributed by atoms with Crippen LogP contribution in [0, 0.1) is 20.8 Å². The Balaban J connectivity index is 1.96. The topological polar surface area (TPSA) is 89.6 Å². The molecule has 0 atom stereocenters. The van der Waals surface area contributed by atoms with Gasteiger partial charge in [0.15, 0.2) is 0 Å². The van der Waals surface area contributed by atoms with Gasteiger partial charge in [0.1, 0.15) is 17.0 Å². The summed E-state index contributed by atoms with van der Waals surface area (Å²) in [5.74, 6) is 1.37. The smallest absolute Gasteiger partial charge is 0.263 e. The summed E-state index contributed by atoms with van der Waals surface area (Å²) in [5, 5.41) is 12.0. The maximum Gasteiger partial charge on any atom is 0.263 e. The quantitative estimate of drug-likeness (QED) is 0.782. The molecule has 98 valence electrons. The lowest BCUT2D eigenvalue weighted by molar-refractivity contribution is 0.442. The number of rotatable bonds is 3. The molecule has 0 aliphatic rings. The number of nitrogens with zero attached hydrogens (tertiary/aromatic N) is 5. The maximum atomic E-state index is 5.17. The Kier molecular flexibility index (Phi) is 2.86. The summed E-state index contributed by atoms with van der Waals surface area (Å²) >= 11 is 1.38. The van der Waals surface area contributed by atoms with Crippen molar-refractivity contribution in [3.05, 3.63) is 22.1 Å².